The number of fused-ring (bicyclic) bond motifs is 1. The SMILES string of the molecule is CC(C)CNC(=O)CN1C(=O)COc2ccc(C(=O)COc3ccc(F)cc3F)cc21. The Bertz CT molecular complexity index is 1010. The van der Waals surface area contributed by atoms with Crippen LogP contribution in [0.3, 0.4) is 0 Å². The van der Waals surface area contributed by atoms with Gasteiger partial charge in [-0.2, -0.15) is 0 Å². The molecule has 0 bridgehead atoms. The van der Waals surface area contributed by atoms with Gasteiger partial charge in [0.05, 0.1) is 5.69 Å². The molecule has 1 N–H and O–H groups in total. The Labute approximate surface area is 177 Å². The van der Waals surface area contributed by atoms with Crippen molar-refractivity contribution in [3.8, 4) is 11.5 Å². The summed E-state index contributed by atoms with van der Waals surface area (Å²) in [5, 5.41) is 2.74. The number of nitrogens with zero attached hydrogens (tertiary/aromatic N) is 1. The van der Waals surface area contributed by atoms with Crippen molar-refractivity contribution in [3.63, 3.8) is 0 Å². The van der Waals surface area contributed by atoms with E-state index in [1.807, 2.05) is 13.8 Å². The molecule has 0 spiro atoms. The van der Waals surface area contributed by atoms with E-state index in [4.69, 9.17) is 9.47 Å². The fourth-order valence-electron chi connectivity index (χ4n) is 2.89. The number of ether oxygens (including phenoxy) is 2. The van der Waals surface area contributed by atoms with E-state index in [-0.39, 0.29) is 42.0 Å². The highest BCUT2D eigenvalue weighted by molar-refractivity contribution is 6.04. The molecule has 7 nitrogen and oxygen atoms in total. The first-order valence-electron chi connectivity index (χ1n) is 9.69. The Morgan fingerprint density at radius 3 is 2.68 bits per heavy atom. The number of anilines is 1. The topological polar surface area (TPSA) is 84.9 Å². The van der Waals surface area contributed by atoms with E-state index < -0.39 is 29.9 Å². The lowest BCUT2D eigenvalue weighted by molar-refractivity contribution is -0.125. The average molecular weight is 432 g/mol. The Kier molecular flexibility index (Phi) is 6.84. The molecule has 0 aromatic heterocycles. The van der Waals surface area contributed by atoms with Crippen LogP contribution in [0.25, 0.3) is 0 Å². The van der Waals surface area contributed by atoms with Crippen LogP contribution < -0.4 is 19.7 Å². The third-order valence-electron chi connectivity index (χ3n) is 4.49. The number of halogens is 2. The van der Waals surface area contributed by atoms with Crippen LogP contribution in [0.1, 0.15) is 24.2 Å². The van der Waals surface area contributed by atoms with Gasteiger partial charge in [-0.25, -0.2) is 8.78 Å². The first kappa shape index (κ1) is 22.2. The van der Waals surface area contributed by atoms with Crippen molar-refractivity contribution in [1.29, 1.82) is 0 Å². The van der Waals surface area contributed by atoms with Crippen molar-refractivity contribution in [3.05, 3.63) is 53.6 Å². The normalized spacial score (nSPS) is 12.9. The van der Waals surface area contributed by atoms with Crippen LogP contribution in [-0.2, 0) is 9.59 Å². The predicted octanol–water partition coefficient (Wildman–Crippen LogP) is 2.72. The number of nitrogens with one attached hydrogen (secondary N) is 1. The summed E-state index contributed by atoms with van der Waals surface area (Å²) in [6.45, 7) is 3.45. The highest BCUT2D eigenvalue weighted by Crippen LogP contribution is 2.33. The molecule has 0 unspecified atom stereocenters. The first-order valence-corrected chi connectivity index (χ1v) is 9.69. The minimum absolute atomic E-state index is 0.187. The van der Waals surface area contributed by atoms with E-state index >= 15 is 0 Å². The highest BCUT2D eigenvalue weighted by atomic mass is 19.1. The van der Waals surface area contributed by atoms with Crippen LogP contribution in [0.5, 0.6) is 11.5 Å². The number of hydrogen-bond donors (Lipinski definition) is 1. The van der Waals surface area contributed by atoms with Crippen LogP contribution in [-0.4, -0.2) is 43.9 Å². The van der Waals surface area contributed by atoms with Gasteiger partial charge in [-0.1, -0.05) is 13.8 Å². The molecule has 0 saturated heterocycles. The number of carbonyl (C=O) groups excluding carboxylic acids is 3. The van der Waals surface area contributed by atoms with Crippen LogP contribution in [0, 0.1) is 17.6 Å². The summed E-state index contributed by atoms with van der Waals surface area (Å²) >= 11 is 0. The lowest BCUT2D eigenvalue weighted by Gasteiger charge is -2.29. The number of benzene rings is 2. The summed E-state index contributed by atoms with van der Waals surface area (Å²) in [5.41, 5.74) is 0.474. The maximum absolute atomic E-state index is 13.7. The number of ketones is 1. The largest absolute Gasteiger partial charge is 0.482 e. The number of carbonyl (C=O) groups is 3. The zero-order valence-electron chi connectivity index (χ0n) is 17.1. The summed E-state index contributed by atoms with van der Waals surface area (Å²) in [7, 11) is 0. The van der Waals surface area contributed by atoms with Crippen molar-refractivity contribution in [2.45, 2.75) is 13.8 Å². The Balaban J connectivity index is 1.73. The zero-order valence-corrected chi connectivity index (χ0v) is 17.1. The third-order valence-corrected chi connectivity index (χ3v) is 4.49. The van der Waals surface area contributed by atoms with Crippen LogP contribution >= 0.6 is 0 Å². The lowest BCUT2D eigenvalue weighted by Crippen LogP contribution is -2.45. The zero-order chi connectivity index (χ0) is 22.5. The number of rotatable bonds is 8. The number of Topliss-reactive ketones (excluding diaryl/α,β-unsaturated/α-hetero) is 1. The molecule has 2 aromatic rings. The third kappa shape index (κ3) is 5.56. The van der Waals surface area contributed by atoms with Crippen molar-refractivity contribution in [1.82, 2.24) is 5.32 Å². The van der Waals surface area contributed by atoms with E-state index in [1.54, 1.807) is 0 Å². The predicted molar refractivity (Wildman–Crippen MR) is 108 cm³/mol. The Morgan fingerprint density at radius 1 is 1.19 bits per heavy atom. The van der Waals surface area contributed by atoms with Gasteiger partial charge in [0, 0.05) is 18.2 Å². The second kappa shape index (κ2) is 9.55. The molecular weight excluding hydrogens is 410 g/mol. The van der Waals surface area contributed by atoms with E-state index in [9.17, 15) is 23.2 Å². The molecular formula is C22H22F2N2O5. The summed E-state index contributed by atoms with van der Waals surface area (Å²) in [4.78, 5) is 38.3. The Morgan fingerprint density at radius 2 is 1.97 bits per heavy atom. The summed E-state index contributed by atoms with van der Waals surface area (Å²) in [6.07, 6.45) is 0. The van der Waals surface area contributed by atoms with Crippen LogP contribution in [0.15, 0.2) is 36.4 Å². The average Bonchev–Trinajstić information content (AvgIpc) is 2.73. The van der Waals surface area contributed by atoms with Gasteiger partial charge >= 0.3 is 0 Å². The monoisotopic (exact) mass is 432 g/mol. The van der Waals surface area contributed by atoms with Crippen molar-refractivity contribution in [2.24, 2.45) is 5.92 Å². The van der Waals surface area contributed by atoms with E-state index in [0.717, 1.165) is 12.1 Å². The summed E-state index contributed by atoms with van der Waals surface area (Å²) in [6, 6.07) is 7.20. The minimum Gasteiger partial charge on any atom is -0.482 e. The molecule has 0 radical (unpaired) electrons. The lowest BCUT2D eigenvalue weighted by atomic mass is 10.1. The fourth-order valence-corrected chi connectivity index (χ4v) is 2.89. The highest BCUT2D eigenvalue weighted by Gasteiger charge is 2.28. The van der Waals surface area contributed by atoms with Gasteiger partial charge < -0.3 is 14.8 Å². The van der Waals surface area contributed by atoms with Gasteiger partial charge in [-0.15, -0.1) is 0 Å². The molecule has 0 saturated carbocycles. The standard InChI is InChI=1S/C22H22F2N2O5/c1-13(2)9-25-21(28)10-26-17-7-14(3-5-20(17)31-12-22(26)29)18(27)11-30-19-6-4-15(23)8-16(19)24/h3-8,13H,9-12H2,1-2H3,(H,25,28). The van der Waals surface area contributed by atoms with E-state index in [2.05, 4.69) is 5.32 Å². The quantitative estimate of drug-likeness (QED) is 0.649. The maximum Gasteiger partial charge on any atom is 0.265 e. The fraction of sp³-hybridized carbons (Fsp3) is 0.318. The summed E-state index contributed by atoms with van der Waals surface area (Å²) < 4.78 is 37.2. The molecule has 1 aliphatic rings. The molecule has 1 aliphatic heterocycles. The maximum atomic E-state index is 13.7. The van der Waals surface area contributed by atoms with Crippen LogP contribution in [0.4, 0.5) is 14.5 Å². The molecule has 0 aliphatic carbocycles. The van der Waals surface area contributed by atoms with Crippen LogP contribution in [0.2, 0.25) is 0 Å². The summed E-state index contributed by atoms with van der Waals surface area (Å²) in [5.74, 6) is -2.56. The van der Waals surface area contributed by atoms with Crippen molar-refractivity contribution in [2.75, 3.05) is 31.2 Å². The molecule has 164 valence electrons. The minimum atomic E-state index is -0.921. The van der Waals surface area contributed by atoms with Gasteiger partial charge in [0.2, 0.25) is 5.91 Å². The van der Waals surface area contributed by atoms with E-state index in [1.165, 1.54) is 23.1 Å². The molecule has 31 heavy (non-hydrogen) atoms. The van der Waals surface area contributed by atoms with Gasteiger partial charge in [-0.05, 0) is 36.2 Å². The van der Waals surface area contributed by atoms with Gasteiger partial charge in [-0.3, -0.25) is 19.3 Å². The second-order valence-electron chi connectivity index (χ2n) is 7.44. The first-order chi connectivity index (χ1) is 14.7. The smallest absolute Gasteiger partial charge is 0.265 e. The molecule has 1 heterocycles. The molecule has 0 fully saturated rings. The molecule has 9 heteroatoms. The molecule has 2 amide bonds. The number of amides is 2. The van der Waals surface area contributed by atoms with Crippen molar-refractivity contribution < 1.29 is 32.6 Å². The molecule has 0 atom stereocenters. The molecule has 2 aromatic carbocycles. The number of hydrogen-bond acceptors (Lipinski definition) is 5. The van der Waals surface area contributed by atoms with Gasteiger partial charge in [0.1, 0.15) is 18.1 Å². The van der Waals surface area contributed by atoms with E-state index in [0.29, 0.717) is 18.4 Å². The van der Waals surface area contributed by atoms with Gasteiger partial charge in [0.25, 0.3) is 5.91 Å². The van der Waals surface area contributed by atoms with Crippen molar-refractivity contribution >= 4 is 23.3 Å². The van der Waals surface area contributed by atoms with Gasteiger partial charge in [0.15, 0.2) is 30.6 Å². The molecule has 3 rings (SSSR count). The Hall–Kier alpha value is -3.49. The second-order valence-corrected chi connectivity index (χ2v) is 7.44.